The van der Waals surface area contributed by atoms with Crippen LogP contribution in [0.25, 0.3) is 11.1 Å². The molecule has 0 radical (unpaired) electrons. The van der Waals surface area contributed by atoms with Crippen LogP contribution in [0.1, 0.15) is 37.3 Å². The van der Waals surface area contributed by atoms with Gasteiger partial charge in [0, 0.05) is 12.5 Å². The van der Waals surface area contributed by atoms with Crippen LogP contribution >= 0.6 is 0 Å². The maximum Gasteiger partial charge on any atom is 0.407 e. The minimum Gasteiger partial charge on any atom is -0.449 e. The Bertz CT molecular complexity index is 804. The number of hydrogen-bond acceptors (Lipinski definition) is 4. The van der Waals surface area contributed by atoms with Crippen molar-refractivity contribution >= 4 is 6.09 Å². The van der Waals surface area contributed by atoms with Gasteiger partial charge in [-0.25, -0.2) is 4.79 Å². The summed E-state index contributed by atoms with van der Waals surface area (Å²) in [5.41, 5.74) is 2.81. The summed E-state index contributed by atoms with van der Waals surface area (Å²) < 4.78 is 11.0. The molecule has 1 heterocycles. The Labute approximate surface area is 159 Å². The fourth-order valence-corrected chi connectivity index (χ4v) is 4.13. The van der Waals surface area contributed by atoms with E-state index in [1.807, 2.05) is 24.3 Å². The average Bonchev–Trinajstić information content (AvgIpc) is 3.23. The topological polar surface area (TPSA) is 67.8 Å². The van der Waals surface area contributed by atoms with Crippen molar-refractivity contribution in [3.8, 4) is 11.1 Å². The molecule has 1 aliphatic carbocycles. The number of benzene rings is 2. The number of alkyl carbamates (subject to hydrolysis) is 1. The number of aliphatic hydroxyl groups is 1. The van der Waals surface area contributed by atoms with Crippen LogP contribution < -0.4 is 5.32 Å². The summed E-state index contributed by atoms with van der Waals surface area (Å²) in [5, 5.41) is 13.4. The minimum atomic E-state index is -1.10. The molecular weight excluding hydrogens is 342 g/mol. The number of rotatable bonds is 4. The smallest absolute Gasteiger partial charge is 0.407 e. The quantitative estimate of drug-likeness (QED) is 0.868. The standard InChI is InChI=1S/C22H25NO4/c1-21(2,25)22(11-12-26-14-22)23-20(24)27-13-19-17-9-5-3-7-15(17)16-8-4-6-10-18(16)19/h3-10,19,25H,11-14H2,1-2H3,(H,23,24). The first-order valence-electron chi connectivity index (χ1n) is 9.35. The maximum atomic E-state index is 12.5. The molecule has 5 heteroatoms. The molecule has 1 aliphatic heterocycles. The van der Waals surface area contributed by atoms with Crippen molar-refractivity contribution in [2.75, 3.05) is 19.8 Å². The first-order chi connectivity index (χ1) is 12.9. The Morgan fingerprint density at radius 2 is 1.78 bits per heavy atom. The van der Waals surface area contributed by atoms with Gasteiger partial charge < -0.3 is 19.9 Å². The van der Waals surface area contributed by atoms with Gasteiger partial charge in [0.2, 0.25) is 0 Å². The number of amides is 1. The van der Waals surface area contributed by atoms with Crippen LogP contribution in [0, 0.1) is 0 Å². The molecule has 1 atom stereocenters. The van der Waals surface area contributed by atoms with E-state index in [9.17, 15) is 9.90 Å². The molecule has 1 amide bonds. The maximum absolute atomic E-state index is 12.5. The molecule has 5 nitrogen and oxygen atoms in total. The second-order valence-corrected chi connectivity index (χ2v) is 7.89. The zero-order chi connectivity index (χ0) is 19.1. The first kappa shape index (κ1) is 18.0. The number of ether oxygens (including phenoxy) is 2. The van der Waals surface area contributed by atoms with Gasteiger partial charge in [0.25, 0.3) is 0 Å². The summed E-state index contributed by atoms with van der Waals surface area (Å²) in [7, 11) is 0. The summed E-state index contributed by atoms with van der Waals surface area (Å²) >= 11 is 0. The fraction of sp³-hybridized carbons (Fsp3) is 0.409. The van der Waals surface area contributed by atoms with Gasteiger partial charge in [0.1, 0.15) is 6.61 Å². The van der Waals surface area contributed by atoms with Crippen molar-refractivity contribution in [3.05, 3.63) is 59.7 Å². The monoisotopic (exact) mass is 367 g/mol. The zero-order valence-corrected chi connectivity index (χ0v) is 15.7. The third-order valence-corrected chi connectivity index (χ3v) is 5.88. The number of carbonyl (C=O) groups excluding carboxylic acids is 1. The lowest BCUT2D eigenvalue weighted by atomic mass is 9.82. The number of nitrogens with one attached hydrogen (secondary N) is 1. The number of fused-ring (bicyclic) bond motifs is 3. The highest BCUT2D eigenvalue weighted by molar-refractivity contribution is 5.79. The van der Waals surface area contributed by atoms with Crippen LogP contribution in [0.3, 0.4) is 0 Å². The van der Waals surface area contributed by atoms with E-state index in [1.165, 1.54) is 22.3 Å². The van der Waals surface area contributed by atoms with Crippen LogP contribution in [0.15, 0.2) is 48.5 Å². The molecule has 0 bridgehead atoms. The van der Waals surface area contributed by atoms with E-state index in [1.54, 1.807) is 13.8 Å². The molecule has 1 fully saturated rings. The summed E-state index contributed by atoms with van der Waals surface area (Å²) in [6.45, 7) is 4.41. The van der Waals surface area contributed by atoms with Crippen molar-refractivity contribution in [1.82, 2.24) is 5.32 Å². The van der Waals surface area contributed by atoms with E-state index in [0.717, 1.165) is 0 Å². The van der Waals surface area contributed by atoms with Gasteiger partial charge in [-0.05, 0) is 42.5 Å². The molecule has 4 rings (SSSR count). The molecule has 1 unspecified atom stereocenters. The zero-order valence-electron chi connectivity index (χ0n) is 15.7. The molecule has 2 N–H and O–H groups in total. The normalized spacial score (nSPS) is 21.6. The number of hydrogen-bond donors (Lipinski definition) is 2. The van der Waals surface area contributed by atoms with E-state index in [4.69, 9.17) is 9.47 Å². The van der Waals surface area contributed by atoms with Gasteiger partial charge in [-0.2, -0.15) is 0 Å². The van der Waals surface area contributed by atoms with Gasteiger partial charge in [-0.15, -0.1) is 0 Å². The summed E-state index contributed by atoms with van der Waals surface area (Å²) in [6.07, 6.45) is 0.0326. The van der Waals surface area contributed by atoms with Gasteiger partial charge >= 0.3 is 6.09 Å². The highest BCUT2D eigenvalue weighted by atomic mass is 16.6. The predicted octanol–water partition coefficient (Wildman–Crippen LogP) is 3.46. The van der Waals surface area contributed by atoms with Crippen LogP contribution in [0.2, 0.25) is 0 Å². The second-order valence-electron chi connectivity index (χ2n) is 7.89. The van der Waals surface area contributed by atoms with E-state index in [-0.39, 0.29) is 19.1 Å². The Kier molecular flexibility index (Phi) is 4.44. The lowest BCUT2D eigenvalue weighted by molar-refractivity contribution is -0.0262. The Morgan fingerprint density at radius 1 is 1.19 bits per heavy atom. The van der Waals surface area contributed by atoms with Crippen molar-refractivity contribution in [2.45, 2.75) is 37.3 Å². The van der Waals surface area contributed by atoms with E-state index in [0.29, 0.717) is 13.0 Å². The van der Waals surface area contributed by atoms with Gasteiger partial charge in [0.05, 0.1) is 17.7 Å². The summed E-state index contributed by atoms with van der Waals surface area (Å²) in [6, 6.07) is 16.5. The third kappa shape index (κ3) is 3.11. The van der Waals surface area contributed by atoms with Gasteiger partial charge in [-0.3, -0.25) is 0 Å². The third-order valence-electron chi connectivity index (χ3n) is 5.88. The molecule has 1 saturated heterocycles. The summed E-state index contributed by atoms with van der Waals surface area (Å²) in [5.74, 6) is 0.0149. The molecule has 142 valence electrons. The average molecular weight is 367 g/mol. The molecular formula is C22H25NO4. The second kappa shape index (κ2) is 6.66. The van der Waals surface area contributed by atoms with Crippen molar-refractivity contribution in [3.63, 3.8) is 0 Å². The predicted molar refractivity (Wildman–Crippen MR) is 103 cm³/mol. The number of carbonyl (C=O) groups is 1. The first-order valence-corrected chi connectivity index (χ1v) is 9.35. The molecule has 27 heavy (non-hydrogen) atoms. The largest absolute Gasteiger partial charge is 0.449 e. The highest BCUT2D eigenvalue weighted by Gasteiger charge is 2.48. The Morgan fingerprint density at radius 3 is 2.30 bits per heavy atom. The molecule has 2 aromatic rings. The molecule has 2 aromatic carbocycles. The lowest BCUT2D eigenvalue weighted by Gasteiger charge is -2.39. The Hall–Kier alpha value is -2.37. The summed E-state index contributed by atoms with van der Waals surface area (Å²) in [4.78, 5) is 12.5. The highest BCUT2D eigenvalue weighted by Crippen LogP contribution is 2.44. The molecule has 2 aliphatic rings. The molecule has 0 aromatic heterocycles. The van der Waals surface area contributed by atoms with Crippen LogP contribution in [-0.2, 0) is 9.47 Å². The van der Waals surface area contributed by atoms with Crippen LogP contribution in [0.4, 0.5) is 4.79 Å². The van der Waals surface area contributed by atoms with Gasteiger partial charge in [-0.1, -0.05) is 48.5 Å². The fourth-order valence-electron chi connectivity index (χ4n) is 4.13. The van der Waals surface area contributed by atoms with Gasteiger partial charge in [0.15, 0.2) is 0 Å². The SMILES string of the molecule is CC(C)(O)C1(NC(=O)OCC2c3ccccc3-c3ccccc32)CCOC1. The Balaban J connectivity index is 1.50. The van der Waals surface area contributed by atoms with E-state index < -0.39 is 17.2 Å². The lowest BCUT2D eigenvalue weighted by Crippen LogP contribution is -2.62. The van der Waals surface area contributed by atoms with Crippen molar-refractivity contribution < 1.29 is 19.4 Å². The molecule has 0 spiro atoms. The minimum absolute atomic E-state index is 0.0149. The van der Waals surface area contributed by atoms with Crippen molar-refractivity contribution in [1.29, 1.82) is 0 Å². The van der Waals surface area contributed by atoms with E-state index in [2.05, 4.69) is 29.6 Å². The van der Waals surface area contributed by atoms with Crippen LogP contribution in [0.5, 0.6) is 0 Å². The molecule has 0 saturated carbocycles. The van der Waals surface area contributed by atoms with Crippen molar-refractivity contribution in [2.24, 2.45) is 0 Å². The van der Waals surface area contributed by atoms with Crippen LogP contribution in [-0.4, -0.2) is 42.2 Å². The van der Waals surface area contributed by atoms with E-state index >= 15 is 0 Å².